The predicted octanol–water partition coefficient (Wildman–Crippen LogP) is 4.42. The third-order valence-electron chi connectivity index (χ3n) is 3.77. The highest BCUT2D eigenvalue weighted by molar-refractivity contribution is 7.86. The van der Waals surface area contributed by atoms with Gasteiger partial charge in [0.25, 0.3) is 15.8 Å². The third-order valence-corrected chi connectivity index (χ3v) is 4.68. The summed E-state index contributed by atoms with van der Waals surface area (Å²) in [5.41, 5.74) is 0.625. The molecule has 3 rings (SSSR count). The van der Waals surface area contributed by atoms with Gasteiger partial charge < -0.3 is 5.11 Å². The Balaban J connectivity index is 2.17. The summed E-state index contributed by atoms with van der Waals surface area (Å²) >= 11 is 0. The largest absolute Gasteiger partial charge is 0.506 e. The molecular formula is C17H13N3O6S. The maximum atomic E-state index is 11.5. The number of benzene rings is 3. The summed E-state index contributed by atoms with van der Waals surface area (Å²) in [5, 5.41) is 29.3. The molecule has 9 nitrogen and oxygen atoms in total. The highest BCUT2D eigenvalue weighted by atomic mass is 32.2. The lowest BCUT2D eigenvalue weighted by atomic mass is 10.1. The number of fused-ring (bicyclic) bond motifs is 1. The van der Waals surface area contributed by atoms with Crippen molar-refractivity contribution in [2.75, 3.05) is 0 Å². The van der Waals surface area contributed by atoms with Crippen molar-refractivity contribution < 1.29 is 23.0 Å². The smallest absolute Gasteiger partial charge is 0.295 e. The molecular weight excluding hydrogens is 374 g/mol. The molecule has 0 heterocycles. The Morgan fingerprint density at radius 3 is 2.44 bits per heavy atom. The van der Waals surface area contributed by atoms with Gasteiger partial charge in [0.05, 0.1) is 10.6 Å². The summed E-state index contributed by atoms with van der Waals surface area (Å²) in [6, 6.07) is 10.9. The lowest BCUT2D eigenvalue weighted by Crippen LogP contribution is -1.98. The standard InChI is InChI=1S/C17H13N3O6S/c1-10-7-11(9-12(8-10)20(22)23)18-19-17-14-3-2-4-16(27(24,25)26)13(14)5-6-15(17)21/h2-9,21H,1H3,(H,24,25,26). The van der Waals surface area contributed by atoms with E-state index in [-0.39, 0.29) is 38.5 Å². The number of aryl methyl sites for hydroxylation is 1. The fourth-order valence-electron chi connectivity index (χ4n) is 2.65. The van der Waals surface area contributed by atoms with Crippen molar-refractivity contribution in [2.24, 2.45) is 10.2 Å². The molecule has 0 aliphatic rings. The number of nitrogens with zero attached hydrogens (tertiary/aromatic N) is 3. The number of hydrogen-bond acceptors (Lipinski definition) is 7. The van der Waals surface area contributed by atoms with E-state index in [0.29, 0.717) is 5.56 Å². The van der Waals surface area contributed by atoms with Crippen molar-refractivity contribution in [1.82, 2.24) is 0 Å². The zero-order chi connectivity index (χ0) is 19.8. The van der Waals surface area contributed by atoms with Crippen LogP contribution >= 0.6 is 0 Å². The Hall–Kier alpha value is -3.37. The topological polar surface area (TPSA) is 142 Å². The van der Waals surface area contributed by atoms with Crippen LogP contribution in [0.5, 0.6) is 5.75 Å². The Morgan fingerprint density at radius 2 is 1.78 bits per heavy atom. The number of rotatable bonds is 4. The van der Waals surface area contributed by atoms with Gasteiger partial charge in [0, 0.05) is 22.9 Å². The molecule has 138 valence electrons. The van der Waals surface area contributed by atoms with Crippen molar-refractivity contribution in [3.05, 3.63) is 64.2 Å². The zero-order valence-corrected chi connectivity index (χ0v) is 14.7. The van der Waals surface area contributed by atoms with E-state index in [1.54, 1.807) is 13.0 Å². The third kappa shape index (κ3) is 3.76. The lowest BCUT2D eigenvalue weighted by Gasteiger charge is -2.07. The highest BCUT2D eigenvalue weighted by Crippen LogP contribution is 2.38. The van der Waals surface area contributed by atoms with Gasteiger partial charge in [-0.15, -0.1) is 5.11 Å². The van der Waals surface area contributed by atoms with Gasteiger partial charge in [-0.3, -0.25) is 14.7 Å². The summed E-state index contributed by atoms with van der Waals surface area (Å²) < 4.78 is 32.4. The number of hydrogen-bond donors (Lipinski definition) is 2. The fourth-order valence-corrected chi connectivity index (χ4v) is 3.35. The molecule has 0 radical (unpaired) electrons. The molecule has 0 saturated carbocycles. The van der Waals surface area contributed by atoms with Crippen LogP contribution in [0.15, 0.2) is 63.7 Å². The summed E-state index contributed by atoms with van der Waals surface area (Å²) in [6.45, 7) is 1.67. The van der Waals surface area contributed by atoms with Gasteiger partial charge in [0.2, 0.25) is 0 Å². The summed E-state index contributed by atoms with van der Waals surface area (Å²) in [4.78, 5) is 10.1. The minimum Gasteiger partial charge on any atom is -0.506 e. The molecule has 0 amide bonds. The van der Waals surface area contributed by atoms with E-state index in [1.807, 2.05) is 0 Å². The maximum Gasteiger partial charge on any atom is 0.295 e. The van der Waals surface area contributed by atoms with Crippen molar-refractivity contribution in [3.8, 4) is 5.75 Å². The summed E-state index contributed by atoms with van der Waals surface area (Å²) in [5.74, 6) is -0.263. The van der Waals surface area contributed by atoms with Crippen molar-refractivity contribution in [3.63, 3.8) is 0 Å². The molecule has 0 atom stereocenters. The van der Waals surface area contributed by atoms with Crippen molar-refractivity contribution in [2.45, 2.75) is 11.8 Å². The van der Waals surface area contributed by atoms with Gasteiger partial charge in [0.15, 0.2) is 0 Å². The average Bonchev–Trinajstić information content (AvgIpc) is 2.59. The second-order valence-electron chi connectivity index (χ2n) is 5.74. The number of nitro groups is 1. The van der Waals surface area contributed by atoms with Crippen LogP contribution in [0, 0.1) is 17.0 Å². The van der Waals surface area contributed by atoms with Crippen LogP contribution in [0.1, 0.15) is 5.56 Å². The van der Waals surface area contributed by atoms with Crippen molar-refractivity contribution >= 4 is 38.0 Å². The number of aromatic hydroxyl groups is 1. The van der Waals surface area contributed by atoms with Gasteiger partial charge in [-0.1, -0.05) is 12.1 Å². The average molecular weight is 387 g/mol. The number of non-ortho nitro benzene ring substituents is 1. The monoisotopic (exact) mass is 387 g/mol. The van der Waals surface area contributed by atoms with Crippen LogP contribution in [0.2, 0.25) is 0 Å². The molecule has 0 aliphatic carbocycles. The first-order chi connectivity index (χ1) is 12.7. The van der Waals surface area contributed by atoms with E-state index >= 15 is 0 Å². The van der Waals surface area contributed by atoms with Crippen LogP contribution in [0.25, 0.3) is 10.8 Å². The van der Waals surface area contributed by atoms with E-state index in [9.17, 15) is 28.2 Å². The molecule has 0 spiro atoms. The van der Waals surface area contributed by atoms with Gasteiger partial charge in [-0.05, 0) is 36.8 Å². The number of azo groups is 1. The lowest BCUT2D eigenvalue weighted by molar-refractivity contribution is -0.384. The minimum absolute atomic E-state index is 0.0258. The Morgan fingerprint density at radius 1 is 1.04 bits per heavy atom. The maximum absolute atomic E-state index is 11.5. The number of nitro benzene ring substituents is 1. The van der Waals surface area contributed by atoms with Gasteiger partial charge >= 0.3 is 0 Å². The molecule has 3 aromatic rings. The molecule has 3 aromatic carbocycles. The molecule has 0 unspecified atom stereocenters. The highest BCUT2D eigenvalue weighted by Gasteiger charge is 2.17. The van der Waals surface area contributed by atoms with Crippen LogP contribution in [-0.2, 0) is 10.1 Å². The van der Waals surface area contributed by atoms with E-state index < -0.39 is 15.0 Å². The van der Waals surface area contributed by atoms with E-state index in [4.69, 9.17) is 0 Å². The Kier molecular flexibility index (Phi) is 4.60. The second kappa shape index (κ2) is 6.74. The first kappa shape index (κ1) is 18.4. The molecule has 0 fully saturated rings. The molecule has 0 aliphatic heterocycles. The molecule has 2 N–H and O–H groups in total. The second-order valence-corrected chi connectivity index (χ2v) is 7.13. The Bertz CT molecular complexity index is 1200. The first-order valence-electron chi connectivity index (χ1n) is 7.57. The fraction of sp³-hybridized carbons (Fsp3) is 0.0588. The van der Waals surface area contributed by atoms with Gasteiger partial charge in [0.1, 0.15) is 16.3 Å². The number of phenols is 1. The van der Waals surface area contributed by atoms with E-state index in [0.717, 1.165) is 0 Å². The number of phenolic OH excluding ortho intramolecular Hbond substituents is 1. The van der Waals surface area contributed by atoms with E-state index in [1.165, 1.54) is 42.5 Å². The first-order valence-corrected chi connectivity index (χ1v) is 9.01. The van der Waals surface area contributed by atoms with Gasteiger partial charge in [-0.2, -0.15) is 13.5 Å². The molecule has 0 aromatic heterocycles. The van der Waals surface area contributed by atoms with Crippen molar-refractivity contribution in [1.29, 1.82) is 0 Å². The molecule has 0 bridgehead atoms. The Labute approximate surface area is 153 Å². The SMILES string of the molecule is Cc1cc(N=Nc2c(O)ccc3c(S(=O)(=O)O)cccc23)cc([N+](=O)[O-])c1. The summed E-state index contributed by atoms with van der Waals surface area (Å²) in [6.07, 6.45) is 0. The predicted molar refractivity (Wildman–Crippen MR) is 97.4 cm³/mol. The minimum atomic E-state index is -4.48. The van der Waals surface area contributed by atoms with Crippen LogP contribution in [0.4, 0.5) is 17.1 Å². The van der Waals surface area contributed by atoms with Crippen LogP contribution in [0.3, 0.4) is 0 Å². The quantitative estimate of drug-likeness (QED) is 0.293. The van der Waals surface area contributed by atoms with Crippen LogP contribution < -0.4 is 0 Å². The summed E-state index contributed by atoms with van der Waals surface area (Å²) in [7, 11) is -4.48. The van der Waals surface area contributed by atoms with Gasteiger partial charge in [-0.25, -0.2) is 0 Å². The van der Waals surface area contributed by atoms with E-state index in [2.05, 4.69) is 10.2 Å². The molecule has 0 saturated heterocycles. The molecule has 27 heavy (non-hydrogen) atoms. The normalized spacial score (nSPS) is 11.9. The van der Waals surface area contributed by atoms with Crippen LogP contribution in [-0.4, -0.2) is 23.0 Å². The molecule has 10 heteroatoms. The zero-order valence-electron chi connectivity index (χ0n) is 13.9.